The van der Waals surface area contributed by atoms with E-state index in [0.29, 0.717) is 11.5 Å². The van der Waals surface area contributed by atoms with Crippen LogP contribution in [-0.4, -0.2) is 18.1 Å². The Morgan fingerprint density at radius 2 is 2.05 bits per heavy atom. The molecule has 98 valence electrons. The van der Waals surface area contributed by atoms with E-state index in [0.717, 1.165) is 11.1 Å². The summed E-state index contributed by atoms with van der Waals surface area (Å²) in [5.74, 6) is 0.0799. The molecule has 0 unspecified atom stereocenters. The first-order valence-corrected chi connectivity index (χ1v) is 6.26. The van der Waals surface area contributed by atoms with E-state index in [1.807, 2.05) is 30.3 Å². The molecule has 1 heterocycles. The van der Waals surface area contributed by atoms with Crippen molar-refractivity contribution in [3.05, 3.63) is 53.9 Å². The Hall–Kier alpha value is -2.16. The standard InChI is InChI=1S/C16H17NO2/c1-11(2)12-6-7-14(16(18)19-3)15(9-12)13-5-4-8-17-10-13/h4-11H,1-3H3. The maximum absolute atomic E-state index is 11.8. The van der Waals surface area contributed by atoms with Crippen LogP contribution in [0, 0.1) is 0 Å². The Bertz CT molecular complexity index is 577. The number of carbonyl (C=O) groups excluding carboxylic acids is 1. The highest BCUT2D eigenvalue weighted by Crippen LogP contribution is 2.27. The van der Waals surface area contributed by atoms with E-state index in [-0.39, 0.29) is 5.97 Å². The first-order valence-electron chi connectivity index (χ1n) is 6.26. The van der Waals surface area contributed by atoms with Gasteiger partial charge in [0.1, 0.15) is 0 Å². The minimum Gasteiger partial charge on any atom is -0.465 e. The van der Waals surface area contributed by atoms with E-state index in [1.165, 1.54) is 12.7 Å². The van der Waals surface area contributed by atoms with Gasteiger partial charge in [0.05, 0.1) is 12.7 Å². The van der Waals surface area contributed by atoms with Gasteiger partial charge in [-0.05, 0) is 35.2 Å². The minimum atomic E-state index is -0.325. The highest BCUT2D eigenvalue weighted by atomic mass is 16.5. The van der Waals surface area contributed by atoms with Gasteiger partial charge in [-0.3, -0.25) is 4.98 Å². The molecule has 0 radical (unpaired) electrons. The molecule has 0 bridgehead atoms. The number of carbonyl (C=O) groups is 1. The van der Waals surface area contributed by atoms with Gasteiger partial charge in [0.2, 0.25) is 0 Å². The Morgan fingerprint density at radius 1 is 1.26 bits per heavy atom. The summed E-state index contributed by atoms with van der Waals surface area (Å²) >= 11 is 0. The number of benzene rings is 1. The average Bonchev–Trinajstić information content (AvgIpc) is 2.46. The van der Waals surface area contributed by atoms with Crippen LogP contribution in [-0.2, 0) is 4.74 Å². The van der Waals surface area contributed by atoms with Crippen LogP contribution in [0.2, 0.25) is 0 Å². The molecule has 0 atom stereocenters. The molecular weight excluding hydrogens is 238 g/mol. The van der Waals surface area contributed by atoms with Crippen LogP contribution in [0.15, 0.2) is 42.7 Å². The van der Waals surface area contributed by atoms with E-state index in [1.54, 1.807) is 12.4 Å². The number of rotatable bonds is 3. The zero-order valence-corrected chi connectivity index (χ0v) is 11.4. The normalized spacial score (nSPS) is 10.5. The quantitative estimate of drug-likeness (QED) is 0.786. The molecule has 0 fully saturated rings. The van der Waals surface area contributed by atoms with Crippen molar-refractivity contribution in [2.45, 2.75) is 19.8 Å². The van der Waals surface area contributed by atoms with Crippen molar-refractivity contribution in [2.75, 3.05) is 7.11 Å². The highest BCUT2D eigenvalue weighted by molar-refractivity contribution is 5.97. The molecule has 3 heteroatoms. The number of nitrogens with zero attached hydrogens (tertiary/aromatic N) is 1. The molecule has 0 N–H and O–H groups in total. The molecule has 0 amide bonds. The van der Waals surface area contributed by atoms with Crippen molar-refractivity contribution in [3.8, 4) is 11.1 Å². The van der Waals surface area contributed by atoms with Crippen LogP contribution in [0.4, 0.5) is 0 Å². The smallest absolute Gasteiger partial charge is 0.338 e. The van der Waals surface area contributed by atoms with E-state index in [4.69, 9.17) is 4.74 Å². The number of ether oxygens (including phenoxy) is 1. The Morgan fingerprint density at radius 3 is 2.63 bits per heavy atom. The lowest BCUT2D eigenvalue weighted by Crippen LogP contribution is -2.04. The zero-order chi connectivity index (χ0) is 13.8. The predicted octanol–water partition coefficient (Wildman–Crippen LogP) is 3.66. The van der Waals surface area contributed by atoms with Crippen molar-refractivity contribution in [3.63, 3.8) is 0 Å². The minimum absolute atomic E-state index is 0.325. The summed E-state index contributed by atoms with van der Waals surface area (Å²) in [7, 11) is 1.39. The second-order valence-electron chi connectivity index (χ2n) is 4.69. The van der Waals surface area contributed by atoms with Gasteiger partial charge >= 0.3 is 5.97 Å². The molecule has 2 rings (SSSR count). The first kappa shape index (κ1) is 13.3. The summed E-state index contributed by atoms with van der Waals surface area (Å²) in [6.45, 7) is 4.25. The molecule has 0 aliphatic heterocycles. The van der Waals surface area contributed by atoms with E-state index < -0.39 is 0 Å². The number of aromatic nitrogens is 1. The third-order valence-corrected chi connectivity index (χ3v) is 3.09. The fourth-order valence-electron chi connectivity index (χ4n) is 1.97. The molecule has 0 spiro atoms. The molecule has 0 aliphatic rings. The van der Waals surface area contributed by atoms with E-state index in [2.05, 4.69) is 18.8 Å². The lowest BCUT2D eigenvalue weighted by molar-refractivity contribution is 0.0601. The number of pyridine rings is 1. The molecular formula is C16H17NO2. The fourth-order valence-corrected chi connectivity index (χ4v) is 1.97. The Labute approximate surface area is 113 Å². The molecule has 0 aliphatic carbocycles. The third-order valence-electron chi connectivity index (χ3n) is 3.09. The monoisotopic (exact) mass is 255 g/mol. The number of hydrogen-bond acceptors (Lipinski definition) is 3. The summed E-state index contributed by atoms with van der Waals surface area (Å²) in [5, 5.41) is 0. The van der Waals surface area contributed by atoms with Crippen molar-refractivity contribution in [1.82, 2.24) is 4.98 Å². The molecule has 1 aromatic heterocycles. The van der Waals surface area contributed by atoms with Gasteiger partial charge in [0.15, 0.2) is 0 Å². The van der Waals surface area contributed by atoms with Crippen LogP contribution in [0.1, 0.15) is 35.7 Å². The van der Waals surface area contributed by atoms with Gasteiger partial charge in [-0.1, -0.05) is 26.0 Å². The fraction of sp³-hybridized carbons (Fsp3) is 0.250. The summed E-state index contributed by atoms with van der Waals surface area (Å²) in [6, 6.07) is 9.63. The third kappa shape index (κ3) is 2.81. The van der Waals surface area contributed by atoms with Crippen LogP contribution >= 0.6 is 0 Å². The lowest BCUT2D eigenvalue weighted by Gasteiger charge is -2.12. The van der Waals surface area contributed by atoms with Crippen molar-refractivity contribution < 1.29 is 9.53 Å². The van der Waals surface area contributed by atoms with Crippen LogP contribution < -0.4 is 0 Å². The van der Waals surface area contributed by atoms with Gasteiger partial charge in [-0.25, -0.2) is 4.79 Å². The van der Waals surface area contributed by atoms with Gasteiger partial charge in [0.25, 0.3) is 0 Å². The zero-order valence-electron chi connectivity index (χ0n) is 11.4. The van der Waals surface area contributed by atoms with Crippen LogP contribution in [0.5, 0.6) is 0 Å². The number of esters is 1. The maximum atomic E-state index is 11.8. The topological polar surface area (TPSA) is 39.2 Å². The molecule has 0 saturated carbocycles. The Balaban J connectivity index is 2.60. The molecule has 2 aromatic rings. The van der Waals surface area contributed by atoms with Crippen LogP contribution in [0.3, 0.4) is 0 Å². The summed E-state index contributed by atoms with van der Waals surface area (Å²) < 4.78 is 4.84. The predicted molar refractivity (Wildman–Crippen MR) is 75.1 cm³/mol. The van der Waals surface area contributed by atoms with Crippen LogP contribution in [0.25, 0.3) is 11.1 Å². The SMILES string of the molecule is COC(=O)c1ccc(C(C)C)cc1-c1cccnc1. The second-order valence-corrected chi connectivity index (χ2v) is 4.69. The average molecular weight is 255 g/mol. The summed E-state index contributed by atoms with van der Waals surface area (Å²) in [4.78, 5) is 16.0. The van der Waals surface area contributed by atoms with E-state index >= 15 is 0 Å². The second kappa shape index (κ2) is 5.65. The van der Waals surface area contributed by atoms with Gasteiger partial charge in [0, 0.05) is 18.0 Å². The Kier molecular flexibility index (Phi) is 3.95. The van der Waals surface area contributed by atoms with Gasteiger partial charge in [-0.15, -0.1) is 0 Å². The van der Waals surface area contributed by atoms with E-state index in [9.17, 15) is 4.79 Å². The largest absolute Gasteiger partial charge is 0.465 e. The molecule has 19 heavy (non-hydrogen) atoms. The lowest BCUT2D eigenvalue weighted by atomic mass is 9.94. The maximum Gasteiger partial charge on any atom is 0.338 e. The molecule has 1 aromatic carbocycles. The number of hydrogen-bond donors (Lipinski definition) is 0. The number of methoxy groups -OCH3 is 1. The van der Waals surface area contributed by atoms with Crippen molar-refractivity contribution >= 4 is 5.97 Å². The highest BCUT2D eigenvalue weighted by Gasteiger charge is 2.14. The van der Waals surface area contributed by atoms with Gasteiger partial charge < -0.3 is 4.74 Å². The summed E-state index contributed by atoms with van der Waals surface area (Å²) in [5.41, 5.74) is 3.54. The van der Waals surface area contributed by atoms with Gasteiger partial charge in [-0.2, -0.15) is 0 Å². The summed E-state index contributed by atoms with van der Waals surface area (Å²) in [6.07, 6.45) is 3.47. The molecule has 3 nitrogen and oxygen atoms in total. The molecule has 0 saturated heterocycles. The first-order chi connectivity index (χ1) is 9.13. The van der Waals surface area contributed by atoms with Crippen molar-refractivity contribution in [1.29, 1.82) is 0 Å². The van der Waals surface area contributed by atoms with Crippen molar-refractivity contribution in [2.24, 2.45) is 0 Å².